The second kappa shape index (κ2) is 7.07. The molecule has 6 rings (SSSR count). The van der Waals surface area contributed by atoms with Crippen molar-refractivity contribution >= 4 is 16.0 Å². The van der Waals surface area contributed by atoms with Crippen LogP contribution in [0.4, 0.5) is 14.7 Å². The third-order valence-corrected chi connectivity index (χ3v) is 9.02. The van der Waals surface area contributed by atoms with Crippen molar-refractivity contribution in [1.29, 1.82) is 0 Å². The molecule has 1 aromatic carbocycles. The van der Waals surface area contributed by atoms with Crippen molar-refractivity contribution in [2.24, 2.45) is 0 Å². The zero-order chi connectivity index (χ0) is 23.1. The number of anilines is 1. The molecule has 8 nitrogen and oxygen atoms in total. The number of halogens is 2. The van der Waals surface area contributed by atoms with Gasteiger partial charge in [0.15, 0.2) is 0 Å². The minimum Gasteiger partial charge on any atom is -0.491 e. The summed E-state index contributed by atoms with van der Waals surface area (Å²) in [7, 11) is -3.38. The van der Waals surface area contributed by atoms with Crippen LogP contribution in [0.15, 0.2) is 18.2 Å². The van der Waals surface area contributed by atoms with Gasteiger partial charge in [-0.3, -0.25) is 0 Å². The average Bonchev–Trinajstić information content (AvgIpc) is 3.52. The summed E-state index contributed by atoms with van der Waals surface area (Å²) in [4.78, 5) is 10.5. The highest BCUT2D eigenvalue weighted by atomic mass is 32.2. The van der Waals surface area contributed by atoms with E-state index in [0.29, 0.717) is 42.0 Å². The van der Waals surface area contributed by atoms with Gasteiger partial charge in [0.05, 0.1) is 29.1 Å². The maximum absolute atomic E-state index is 14.6. The SMILES string of the molecule is C[C@H]1[C@H](O)CN1c1nc(-c2ccc3c(c2)OC[C@@H]3NS(=O)(=O)C2CC2)c2c(n1)C(F)(F)CC2. The normalized spacial score (nSPS) is 27.6. The summed E-state index contributed by atoms with van der Waals surface area (Å²) >= 11 is 0. The fourth-order valence-corrected chi connectivity index (χ4v) is 6.30. The van der Waals surface area contributed by atoms with E-state index in [1.54, 1.807) is 30.0 Å². The summed E-state index contributed by atoms with van der Waals surface area (Å²) in [6.07, 6.45) is 0.645. The van der Waals surface area contributed by atoms with Gasteiger partial charge >= 0.3 is 0 Å². The molecule has 11 heteroatoms. The Bertz CT molecular complexity index is 1250. The molecule has 3 atom stereocenters. The van der Waals surface area contributed by atoms with Crippen LogP contribution >= 0.6 is 0 Å². The topological polar surface area (TPSA) is 105 Å². The molecule has 3 heterocycles. The number of sulfonamides is 1. The summed E-state index contributed by atoms with van der Waals surface area (Å²) in [5.41, 5.74) is 1.92. The maximum atomic E-state index is 14.6. The number of fused-ring (bicyclic) bond motifs is 2. The monoisotopic (exact) mass is 478 g/mol. The number of aliphatic hydroxyl groups excluding tert-OH is 1. The lowest BCUT2D eigenvalue weighted by atomic mass is 10.0. The molecule has 176 valence electrons. The van der Waals surface area contributed by atoms with Crippen LogP contribution in [0.25, 0.3) is 11.3 Å². The minimum atomic E-state index is -3.38. The van der Waals surface area contributed by atoms with Crippen LogP contribution in [0.2, 0.25) is 0 Å². The molecule has 1 saturated carbocycles. The van der Waals surface area contributed by atoms with Crippen molar-refractivity contribution in [2.45, 2.75) is 62.0 Å². The first-order valence-corrected chi connectivity index (χ1v) is 12.7. The largest absolute Gasteiger partial charge is 0.491 e. The molecule has 0 bridgehead atoms. The molecular formula is C22H24F2N4O4S. The van der Waals surface area contributed by atoms with Crippen molar-refractivity contribution < 1.29 is 27.0 Å². The van der Waals surface area contributed by atoms with Crippen molar-refractivity contribution in [1.82, 2.24) is 14.7 Å². The van der Waals surface area contributed by atoms with E-state index in [2.05, 4.69) is 14.7 Å². The Balaban J connectivity index is 1.37. The number of ether oxygens (including phenoxy) is 1. The Morgan fingerprint density at radius 2 is 2.06 bits per heavy atom. The van der Waals surface area contributed by atoms with Crippen LogP contribution in [0, 0.1) is 0 Å². The van der Waals surface area contributed by atoms with Gasteiger partial charge in [-0.25, -0.2) is 23.1 Å². The molecule has 0 unspecified atom stereocenters. The molecule has 1 aromatic heterocycles. The number of hydrogen-bond donors (Lipinski definition) is 2. The van der Waals surface area contributed by atoms with E-state index >= 15 is 0 Å². The van der Waals surface area contributed by atoms with Gasteiger partial charge in [0, 0.05) is 29.7 Å². The van der Waals surface area contributed by atoms with Crippen LogP contribution in [-0.2, 0) is 22.4 Å². The van der Waals surface area contributed by atoms with E-state index < -0.39 is 28.1 Å². The van der Waals surface area contributed by atoms with Gasteiger partial charge < -0.3 is 14.7 Å². The predicted octanol–water partition coefficient (Wildman–Crippen LogP) is 2.27. The zero-order valence-corrected chi connectivity index (χ0v) is 18.8. The molecule has 1 saturated heterocycles. The van der Waals surface area contributed by atoms with Gasteiger partial charge in [0.2, 0.25) is 16.0 Å². The van der Waals surface area contributed by atoms with Crippen LogP contribution in [0.1, 0.15) is 49.0 Å². The van der Waals surface area contributed by atoms with Crippen molar-refractivity contribution in [3.8, 4) is 17.0 Å². The van der Waals surface area contributed by atoms with E-state index in [1.165, 1.54) is 0 Å². The second-order valence-electron chi connectivity index (χ2n) is 9.34. The summed E-state index contributed by atoms with van der Waals surface area (Å²) in [5.74, 6) is -2.34. The highest BCUT2D eigenvalue weighted by molar-refractivity contribution is 7.90. The number of nitrogens with one attached hydrogen (secondary N) is 1. The molecule has 0 radical (unpaired) electrons. The van der Waals surface area contributed by atoms with Crippen LogP contribution in [-0.4, -0.2) is 54.0 Å². The van der Waals surface area contributed by atoms with E-state index in [-0.39, 0.29) is 42.4 Å². The Kier molecular flexibility index (Phi) is 4.54. The molecule has 2 N–H and O–H groups in total. The Labute approximate surface area is 190 Å². The zero-order valence-electron chi connectivity index (χ0n) is 18.0. The smallest absolute Gasteiger partial charge is 0.290 e. The Morgan fingerprint density at radius 1 is 1.27 bits per heavy atom. The van der Waals surface area contributed by atoms with Gasteiger partial charge in [0.1, 0.15) is 18.1 Å². The van der Waals surface area contributed by atoms with E-state index in [1.807, 2.05) is 0 Å². The lowest BCUT2D eigenvalue weighted by molar-refractivity contribution is -0.00603. The molecule has 0 spiro atoms. The van der Waals surface area contributed by atoms with Gasteiger partial charge in [-0.1, -0.05) is 12.1 Å². The van der Waals surface area contributed by atoms with Crippen molar-refractivity contribution in [3.63, 3.8) is 0 Å². The Hall–Kier alpha value is -2.37. The molecular weight excluding hydrogens is 454 g/mol. The molecule has 2 fully saturated rings. The maximum Gasteiger partial charge on any atom is 0.290 e. The summed E-state index contributed by atoms with van der Waals surface area (Å²) in [6.45, 7) is 2.27. The standard InChI is InChI=1S/C22H24F2N4O4S/c1-11-17(29)9-28(11)21-25-19(15-6-7-22(23,24)20(15)26-21)12-2-5-14-16(10-32-18(14)8-12)27-33(30,31)13-3-4-13/h2,5,8,11,13,16-17,27,29H,3-4,6-7,9-10H2,1H3/t11-,16-,17+/m0/s1. The van der Waals surface area contributed by atoms with Gasteiger partial charge in [0.25, 0.3) is 5.92 Å². The van der Waals surface area contributed by atoms with E-state index in [9.17, 15) is 22.3 Å². The first-order valence-electron chi connectivity index (χ1n) is 11.2. The predicted molar refractivity (Wildman–Crippen MR) is 116 cm³/mol. The minimum absolute atomic E-state index is 0.165. The molecule has 0 amide bonds. The van der Waals surface area contributed by atoms with Gasteiger partial charge in [-0.2, -0.15) is 8.78 Å². The molecule has 4 aliphatic rings. The number of aliphatic hydroxyl groups is 1. The number of nitrogens with zero attached hydrogens (tertiary/aromatic N) is 3. The van der Waals surface area contributed by atoms with Crippen LogP contribution < -0.4 is 14.4 Å². The Morgan fingerprint density at radius 3 is 2.76 bits per heavy atom. The second-order valence-corrected chi connectivity index (χ2v) is 11.3. The first-order chi connectivity index (χ1) is 15.6. The highest BCUT2D eigenvalue weighted by Gasteiger charge is 2.45. The third-order valence-electron chi connectivity index (χ3n) is 7.06. The van der Waals surface area contributed by atoms with Crippen LogP contribution in [0.5, 0.6) is 5.75 Å². The first kappa shape index (κ1) is 21.2. The average molecular weight is 479 g/mol. The molecule has 2 aromatic rings. The number of rotatable bonds is 5. The number of alkyl halides is 2. The lowest BCUT2D eigenvalue weighted by Gasteiger charge is -2.43. The van der Waals surface area contributed by atoms with Crippen molar-refractivity contribution in [3.05, 3.63) is 35.0 Å². The van der Waals surface area contributed by atoms with Crippen LogP contribution in [0.3, 0.4) is 0 Å². The quantitative estimate of drug-likeness (QED) is 0.679. The number of β-amino-alcohol motifs (C(OH)–C–C–N with tert-alkyl or cyclic N) is 1. The van der Waals surface area contributed by atoms with E-state index in [4.69, 9.17) is 4.74 Å². The van der Waals surface area contributed by atoms with Gasteiger partial charge in [-0.15, -0.1) is 0 Å². The highest BCUT2D eigenvalue weighted by Crippen LogP contribution is 2.46. The molecule has 33 heavy (non-hydrogen) atoms. The van der Waals surface area contributed by atoms with Gasteiger partial charge in [-0.05, 0) is 32.3 Å². The third kappa shape index (κ3) is 3.39. The summed E-state index contributed by atoms with van der Waals surface area (Å²) < 4.78 is 62.4. The fraction of sp³-hybridized carbons (Fsp3) is 0.545. The number of hydrogen-bond acceptors (Lipinski definition) is 7. The van der Waals surface area contributed by atoms with E-state index in [0.717, 1.165) is 5.56 Å². The molecule has 2 aliphatic heterocycles. The molecule has 2 aliphatic carbocycles. The fourth-order valence-electron chi connectivity index (χ4n) is 4.76. The number of aromatic nitrogens is 2. The van der Waals surface area contributed by atoms with Crippen molar-refractivity contribution in [2.75, 3.05) is 18.1 Å². The lowest BCUT2D eigenvalue weighted by Crippen LogP contribution is -2.59. The number of benzene rings is 1. The summed E-state index contributed by atoms with van der Waals surface area (Å²) in [6, 6.07) is 4.55. The summed E-state index contributed by atoms with van der Waals surface area (Å²) in [5, 5.41) is 9.54.